The molecule has 7 nitrogen and oxygen atoms in total. The van der Waals surface area contributed by atoms with Crippen LogP contribution in [0.1, 0.15) is 19.5 Å². The van der Waals surface area contributed by atoms with Crippen molar-refractivity contribution in [3.63, 3.8) is 0 Å². The van der Waals surface area contributed by atoms with Crippen LogP contribution in [0.4, 0.5) is 0 Å². The molecule has 0 atom stereocenters. The van der Waals surface area contributed by atoms with Gasteiger partial charge in [-0.05, 0) is 38.2 Å². The molecule has 1 N–H and O–H groups in total. The standard InChI is InChI=1S/C15H20BN3O4/c1-4-12-7-6-11-8-13(18-15(11)17-12)16(22-10-20)23-14(21)9-19(3)5-2/h6-8,10H,4-5,9H2,1-3H3,(H,17,18). The zero-order chi connectivity index (χ0) is 16.8. The molecule has 0 saturated carbocycles. The van der Waals surface area contributed by atoms with Crippen LogP contribution in [-0.2, 0) is 25.3 Å². The summed E-state index contributed by atoms with van der Waals surface area (Å²) in [5.74, 6) is -0.470. The lowest BCUT2D eigenvalue weighted by Gasteiger charge is -2.15. The first-order valence-electron chi connectivity index (χ1n) is 7.53. The number of fused-ring (bicyclic) bond motifs is 1. The second-order valence-electron chi connectivity index (χ2n) is 5.20. The van der Waals surface area contributed by atoms with Gasteiger partial charge in [-0.1, -0.05) is 13.8 Å². The van der Waals surface area contributed by atoms with Crippen LogP contribution in [0.25, 0.3) is 11.0 Å². The lowest BCUT2D eigenvalue weighted by Crippen LogP contribution is -2.41. The Balaban J connectivity index is 2.19. The molecule has 0 aliphatic rings. The summed E-state index contributed by atoms with van der Waals surface area (Å²) >= 11 is 0. The lowest BCUT2D eigenvalue weighted by atomic mass is 9.84. The van der Waals surface area contributed by atoms with E-state index in [1.54, 1.807) is 18.0 Å². The van der Waals surface area contributed by atoms with E-state index in [2.05, 4.69) is 9.97 Å². The summed E-state index contributed by atoms with van der Waals surface area (Å²) in [6.45, 7) is 5.04. The summed E-state index contributed by atoms with van der Waals surface area (Å²) in [5.41, 5.74) is 2.08. The first-order valence-corrected chi connectivity index (χ1v) is 7.53. The van der Waals surface area contributed by atoms with Crippen LogP contribution in [0.5, 0.6) is 0 Å². The maximum absolute atomic E-state index is 11.9. The average Bonchev–Trinajstić information content (AvgIpc) is 2.97. The minimum Gasteiger partial charge on any atom is -0.497 e. The molecular formula is C15H20BN3O4. The largest absolute Gasteiger partial charge is 0.653 e. The average molecular weight is 317 g/mol. The minimum absolute atomic E-state index is 0.119. The van der Waals surface area contributed by atoms with Crippen LogP contribution in [0, 0.1) is 0 Å². The molecule has 122 valence electrons. The van der Waals surface area contributed by atoms with Crippen molar-refractivity contribution in [2.24, 2.45) is 0 Å². The molecule has 0 bridgehead atoms. The molecule has 0 saturated heterocycles. The third kappa shape index (κ3) is 4.32. The molecule has 2 aromatic rings. The van der Waals surface area contributed by atoms with Crippen LogP contribution in [0.3, 0.4) is 0 Å². The Labute approximate surface area is 135 Å². The van der Waals surface area contributed by atoms with E-state index in [-0.39, 0.29) is 13.0 Å². The van der Waals surface area contributed by atoms with Gasteiger partial charge in [0.1, 0.15) is 5.65 Å². The van der Waals surface area contributed by atoms with E-state index >= 15 is 0 Å². The van der Waals surface area contributed by atoms with Crippen LogP contribution >= 0.6 is 0 Å². The van der Waals surface area contributed by atoms with Crippen molar-refractivity contribution in [3.05, 3.63) is 23.9 Å². The number of nitrogens with zero attached hydrogens (tertiary/aromatic N) is 2. The van der Waals surface area contributed by atoms with Gasteiger partial charge in [0.05, 0.1) is 12.1 Å². The molecule has 0 spiro atoms. The van der Waals surface area contributed by atoms with Gasteiger partial charge in [0.25, 0.3) is 6.47 Å². The summed E-state index contributed by atoms with van der Waals surface area (Å²) in [7, 11) is 0.695. The van der Waals surface area contributed by atoms with Gasteiger partial charge in [-0.2, -0.15) is 0 Å². The number of carbonyl (C=O) groups excluding carboxylic acids is 2. The van der Waals surface area contributed by atoms with Crippen LogP contribution in [0.15, 0.2) is 18.2 Å². The van der Waals surface area contributed by atoms with Crippen LogP contribution < -0.4 is 5.59 Å². The second kappa shape index (κ2) is 7.78. The van der Waals surface area contributed by atoms with Gasteiger partial charge in [0.2, 0.25) is 0 Å². The van der Waals surface area contributed by atoms with Gasteiger partial charge in [0, 0.05) is 11.1 Å². The number of aryl methyl sites for hydroxylation is 1. The van der Waals surface area contributed by atoms with Gasteiger partial charge < -0.3 is 14.3 Å². The Morgan fingerprint density at radius 1 is 1.43 bits per heavy atom. The summed E-state index contributed by atoms with van der Waals surface area (Å²) in [4.78, 5) is 31.9. The third-order valence-corrected chi connectivity index (χ3v) is 3.53. The predicted molar refractivity (Wildman–Crippen MR) is 87.3 cm³/mol. The molecule has 0 radical (unpaired) electrons. The molecule has 0 aliphatic heterocycles. The maximum atomic E-state index is 11.9. The van der Waals surface area contributed by atoms with E-state index in [4.69, 9.17) is 9.31 Å². The van der Waals surface area contributed by atoms with Crippen LogP contribution in [0.2, 0.25) is 0 Å². The lowest BCUT2D eigenvalue weighted by molar-refractivity contribution is -0.137. The number of hydrogen-bond donors (Lipinski definition) is 1. The van der Waals surface area contributed by atoms with Crippen molar-refractivity contribution in [2.45, 2.75) is 20.3 Å². The Bertz CT molecular complexity index is 688. The minimum atomic E-state index is -1.11. The topological polar surface area (TPSA) is 84.5 Å². The fourth-order valence-electron chi connectivity index (χ4n) is 2.09. The zero-order valence-corrected chi connectivity index (χ0v) is 13.5. The van der Waals surface area contributed by atoms with E-state index in [9.17, 15) is 9.59 Å². The number of aromatic nitrogens is 2. The van der Waals surface area contributed by atoms with Crippen LogP contribution in [-0.4, -0.2) is 54.6 Å². The molecule has 0 aromatic carbocycles. The van der Waals surface area contributed by atoms with E-state index in [0.717, 1.165) is 17.5 Å². The number of nitrogens with one attached hydrogen (secondary N) is 1. The summed E-state index contributed by atoms with van der Waals surface area (Å²) in [5, 5.41) is 0.860. The molecule has 2 rings (SSSR count). The number of H-pyrrole nitrogens is 1. The number of hydrogen-bond acceptors (Lipinski definition) is 6. The Hall–Kier alpha value is -2.35. The molecular weight excluding hydrogens is 297 g/mol. The van der Waals surface area contributed by atoms with Crippen molar-refractivity contribution in [1.82, 2.24) is 14.9 Å². The molecule has 0 aliphatic carbocycles. The highest BCUT2D eigenvalue weighted by molar-refractivity contribution is 6.63. The fraction of sp³-hybridized carbons (Fsp3) is 0.400. The monoisotopic (exact) mass is 317 g/mol. The normalized spacial score (nSPS) is 10.8. The van der Waals surface area contributed by atoms with Gasteiger partial charge in [-0.15, -0.1) is 0 Å². The van der Waals surface area contributed by atoms with Gasteiger partial charge in [-0.25, -0.2) is 4.98 Å². The van der Waals surface area contributed by atoms with Crippen molar-refractivity contribution < 1.29 is 18.9 Å². The van der Waals surface area contributed by atoms with Gasteiger partial charge in [0.15, 0.2) is 0 Å². The second-order valence-corrected chi connectivity index (χ2v) is 5.20. The Kier molecular flexibility index (Phi) is 5.75. The number of rotatable bonds is 8. The number of aromatic amines is 1. The molecule has 0 amide bonds. The quantitative estimate of drug-likeness (QED) is 0.563. The molecule has 2 aromatic heterocycles. The third-order valence-electron chi connectivity index (χ3n) is 3.53. The van der Waals surface area contributed by atoms with Crippen molar-refractivity contribution >= 4 is 36.2 Å². The zero-order valence-electron chi connectivity index (χ0n) is 13.5. The van der Waals surface area contributed by atoms with Crippen molar-refractivity contribution in [3.8, 4) is 0 Å². The van der Waals surface area contributed by atoms with E-state index in [1.165, 1.54) is 0 Å². The highest BCUT2D eigenvalue weighted by atomic mass is 16.6. The van der Waals surface area contributed by atoms with E-state index in [0.29, 0.717) is 17.8 Å². The highest BCUT2D eigenvalue weighted by Gasteiger charge is 2.30. The number of pyridine rings is 1. The van der Waals surface area contributed by atoms with E-state index in [1.807, 2.05) is 26.0 Å². The molecule has 2 heterocycles. The predicted octanol–water partition coefficient (Wildman–Crippen LogP) is 0.488. The smallest absolute Gasteiger partial charge is 0.497 e. The van der Waals surface area contributed by atoms with Gasteiger partial charge >= 0.3 is 13.1 Å². The Morgan fingerprint density at radius 3 is 2.87 bits per heavy atom. The molecule has 23 heavy (non-hydrogen) atoms. The van der Waals surface area contributed by atoms with Gasteiger partial charge in [-0.3, -0.25) is 14.5 Å². The first kappa shape index (κ1) is 17.0. The highest BCUT2D eigenvalue weighted by Crippen LogP contribution is 2.10. The van der Waals surface area contributed by atoms with Crippen molar-refractivity contribution in [1.29, 1.82) is 0 Å². The molecule has 8 heteroatoms. The summed E-state index contributed by atoms with van der Waals surface area (Å²) in [6.07, 6.45) is 0.816. The fourth-order valence-corrected chi connectivity index (χ4v) is 2.09. The maximum Gasteiger partial charge on any atom is 0.653 e. The van der Waals surface area contributed by atoms with Crippen molar-refractivity contribution in [2.75, 3.05) is 20.1 Å². The molecule has 0 unspecified atom stereocenters. The van der Waals surface area contributed by atoms with E-state index < -0.39 is 13.1 Å². The number of carbonyl (C=O) groups is 2. The summed E-state index contributed by atoms with van der Waals surface area (Å²) in [6, 6.07) is 5.61. The first-order chi connectivity index (χ1) is 11.1. The number of likely N-dealkylation sites (N-methyl/N-ethyl adjacent to an activating group) is 1. The molecule has 0 fully saturated rings. The Morgan fingerprint density at radius 2 is 2.22 bits per heavy atom. The SMILES string of the molecule is CCc1ccc2cc(B(OC=O)OC(=O)CN(C)CC)[nH]c2n1. The summed E-state index contributed by atoms with van der Waals surface area (Å²) < 4.78 is 10.1.